The molecule has 0 N–H and O–H groups in total. The molecule has 2 aliphatic rings. The van der Waals surface area contributed by atoms with Crippen molar-refractivity contribution in [3.05, 3.63) is 59.9 Å². The van der Waals surface area contributed by atoms with Gasteiger partial charge in [0.25, 0.3) is 0 Å². The summed E-state index contributed by atoms with van der Waals surface area (Å²) in [5, 5.41) is 2.66. The molecule has 0 fully saturated rings. The van der Waals surface area contributed by atoms with Crippen molar-refractivity contribution < 1.29 is 0 Å². The molecule has 0 unspecified atom stereocenters. The number of benzene rings is 2. The third-order valence-corrected chi connectivity index (χ3v) is 6.76. The number of nitrogens with zero attached hydrogens (tertiary/aromatic N) is 2. The van der Waals surface area contributed by atoms with Gasteiger partial charge in [0.2, 0.25) is 0 Å². The third-order valence-electron chi connectivity index (χ3n) is 6.76. The van der Waals surface area contributed by atoms with Gasteiger partial charge >= 0.3 is 0 Å². The molecule has 0 aliphatic carbocycles. The molecule has 0 amide bonds. The summed E-state index contributed by atoms with van der Waals surface area (Å²) in [7, 11) is 0. The SMILES string of the molecule is C=C1N(CC)c2c(ccc3c4c(ccc23)C(C)(C)C(=C)N4CC)C1(C)C. The zero-order valence-electron chi connectivity index (χ0n) is 17.0. The number of fused-ring (bicyclic) bond motifs is 5. The van der Waals surface area contributed by atoms with Crippen molar-refractivity contribution in [2.24, 2.45) is 0 Å². The van der Waals surface area contributed by atoms with Crippen LogP contribution in [0.15, 0.2) is 48.8 Å². The molecule has 26 heavy (non-hydrogen) atoms. The molecule has 0 bridgehead atoms. The van der Waals surface area contributed by atoms with E-state index in [1.54, 1.807) is 0 Å². The van der Waals surface area contributed by atoms with Gasteiger partial charge in [-0.15, -0.1) is 0 Å². The first-order valence-corrected chi connectivity index (χ1v) is 9.72. The minimum absolute atomic E-state index is 0.0220. The van der Waals surface area contributed by atoms with Gasteiger partial charge in [-0.1, -0.05) is 65.1 Å². The molecule has 2 nitrogen and oxygen atoms in total. The number of likely N-dealkylation sites (N-methyl/N-ethyl adjacent to an activating group) is 2. The molecule has 0 radical (unpaired) electrons. The lowest BCUT2D eigenvalue weighted by Gasteiger charge is -2.25. The van der Waals surface area contributed by atoms with Gasteiger partial charge in [-0.2, -0.15) is 0 Å². The van der Waals surface area contributed by atoms with Gasteiger partial charge in [0.1, 0.15) is 0 Å². The number of anilines is 2. The molecule has 0 saturated heterocycles. The highest BCUT2D eigenvalue weighted by atomic mass is 15.2. The standard InChI is InChI=1S/C24H30N2/c1-9-25-15(3)23(5,6)19-13-12-18-17(21(19)25)11-14-20-22(18)26(10-2)16(4)24(20,7)8/h11-14H,3-4,9-10H2,1-2,5-8H3. The molecule has 2 heteroatoms. The van der Waals surface area contributed by atoms with E-state index in [4.69, 9.17) is 0 Å². The predicted octanol–water partition coefficient (Wildman–Crippen LogP) is 6.10. The molecule has 0 saturated carbocycles. The lowest BCUT2D eigenvalue weighted by molar-refractivity contribution is 0.636. The van der Waals surface area contributed by atoms with Crippen LogP contribution in [0.2, 0.25) is 0 Å². The minimum Gasteiger partial charge on any atom is -0.344 e. The first kappa shape index (κ1) is 17.2. The molecular weight excluding hydrogens is 316 g/mol. The fraction of sp³-hybridized carbons (Fsp3) is 0.417. The highest BCUT2D eigenvalue weighted by molar-refractivity contribution is 6.07. The van der Waals surface area contributed by atoms with Gasteiger partial charge < -0.3 is 9.80 Å². The lowest BCUT2D eigenvalue weighted by Crippen LogP contribution is -2.24. The van der Waals surface area contributed by atoms with Crippen molar-refractivity contribution in [2.75, 3.05) is 22.9 Å². The number of rotatable bonds is 2. The van der Waals surface area contributed by atoms with E-state index in [-0.39, 0.29) is 10.8 Å². The first-order valence-electron chi connectivity index (χ1n) is 9.72. The Morgan fingerprint density at radius 3 is 1.35 bits per heavy atom. The van der Waals surface area contributed by atoms with E-state index >= 15 is 0 Å². The topological polar surface area (TPSA) is 6.48 Å². The van der Waals surface area contributed by atoms with Crippen molar-refractivity contribution in [2.45, 2.75) is 52.4 Å². The number of hydrogen-bond acceptors (Lipinski definition) is 2. The van der Waals surface area contributed by atoms with Gasteiger partial charge in [-0.3, -0.25) is 0 Å². The van der Waals surface area contributed by atoms with Crippen LogP contribution in [0.1, 0.15) is 52.7 Å². The van der Waals surface area contributed by atoms with Crippen LogP contribution >= 0.6 is 0 Å². The molecule has 2 aliphatic heterocycles. The summed E-state index contributed by atoms with van der Waals surface area (Å²) in [5.41, 5.74) is 7.80. The van der Waals surface area contributed by atoms with Crippen LogP contribution in [0, 0.1) is 0 Å². The van der Waals surface area contributed by atoms with E-state index in [0.717, 1.165) is 13.1 Å². The quantitative estimate of drug-likeness (QED) is 0.648. The van der Waals surface area contributed by atoms with E-state index in [9.17, 15) is 0 Å². The van der Waals surface area contributed by atoms with Gasteiger partial charge in [-0.25, -0.2) is 0 Å². The van der Waals surface area contributed by atoms with Crippen LogP contribution in [-0.4, -0.2) is 13.1 Å². The molecule has 4 rings (SSSR count). The summed E-state index contributed by atoms with van der Waals surface area (Å²) in [6.07, 6.45) is 0. The Hall–Kier alpha value is -2.22. The highest BCUT2D eigenvalue weighted by Crippen LogP contribution is 2.55. The van der Waals surface area contributed by atoms with Gasteiger partial charge in [0, 0.05) is 46.1 Å². The normalized spacial score (nSPS) is 20.1. The van der Waals surface area contributed by atoms with Crippen LogP contribution in [0.3, 0.4) is 0 Å². The first-order chi connectivity index (χ1) is 12.2. The van der Waals surface area contributed by atoms with Crippen molar-refractivity contribution in [3.8, 4) is 0 Å². The average molecular weight is 347 g/mol. The second-order valence-corrected chi connectivity index (χ2v) is 8.65. The van der Waals surface area contributed by atoms with Crippen molar-refractivity contribution >= 4 is 22.1 Å². The van der Waals surface area contributed by atoms with Crippen LogP contribution < -0.4 is 9.80 Å². The molecular formula is C24H30N2. The van der Waals surface area contributed by atoms with Crippen LogP contribution in [0.5, 0.6) is 0 Å². The third kappa shape index (κ3) is 1.83. The second kappa shape index (κ2) is 5.16. The molecule has 0 aromatic heterocycles. The Labute approximate surface area is 157 Å². The Kier molecular flexibility index (Phi) is 3.41. The summed E-state index contributed by atoms with van der Waals surface area (Å²) in [6, 6.07) is 9.28. The largest absolute Gasteiger partial charge is 0.344 e. The van der Waals surface area contributed by atoms with Crippen LogP contribution in [-0.2, 0) is 10.8 Å². The summed E-state index contributed by atoms with van der Waals surface area (Å²) in [6.45, 7) is 24.3. The Morgan fingerprint density at radius 1 is 0.692 bits per heavy atom. The molecule has 0 spiro atoms. The van der Waals surface area contributed by atoms with E-state index in [1.165, 1.54) is 44.7 Å². The Bertz CT molecular complexity index is 883. The van der Waals surface area contributed by atoms with Crippen LogP contribution in [0.25, 0.3) is 10.8 Å². The van der Waals surface area contributed by atoms with Crippen LogP contribution in [0.4, 0.5) is 11.4 Å². The van der Waals surface area contributed by atoms with Gasteiger partial charge in [-0.05, 0) is 25.0 Å². The van der Waals surface area contributed by atoms with Crippen molar-refractivity contribution in [3.63, 3.8) is 0 Å². The Morgan fingerprint density at radius 2 is 1.04 bits per heavy atom. The monoisotopic (exact) mass is 346 g/mol. The highest BCUT2D eigenvalue weighted by Gasteiger charge is 2.42. The van der Waals surface area contributed by atoms with E-state index in [0.29, 0.717) is 0 Å². The smallest absolute Gasteiger partial charge is 0.0530 e. The predicted molar refractivity (Wildman–Crippen MR) is 114 cm³/mol. The maximum absolute atomic E-state index is 4.42. The zero-order chi connectivity index (χ0) is 19.0. The maximum Gasteiger partial charge on any atom is 0.0530 e. The summed E-state index contributed by atoms with van der Waals surface area (Å²) >= 11 is 0. The Balaban J connectivity index is 2.10. The number of hydrogen-bond donors (Lipinski definition) is 0. The van der Waals surface area contributed by atoms with Gasteiger partial charge in [0.15, 0.2) is 0 Å². The average Bonchev–Trinajstić information content (AvgIpc) is 2.93. The van der Waals surface area contributed by atoms with E-state index < -0.39 is 0 Å². The van der Waals surface area contributed by atoms with Gasteiger partial charge in [0.05, 0.1) is 11.4 Å². The molecule has 2 aromatic carbocycles. The maximum atomic E-state index is 4.42. The summed E-state index contributed by atoms with van der Waals surface area (Å²) < 4.78 is 0. The van der Waals surface area contributed by atoms with E-state index in [2.05, 4.69) is 88.8 Å². The summed E-state index contributed by atoms with van der Waals surface area (Å²) in [4.78, 5) is 4.80. The zero-order valence-corrected chi connectivity index (χ0v) is 17.0. The fourth-order valence-electron chi connectivity index (χ4n) is 4.92. The lowest BCUT2D eigenvalue weighted by atomic mass is 9.81. The molecule has 136 valence electrons. The molecule has 2 heterocycles. The second-order valence-electron chi connectivity index (χ2n) is 8.65. The molecule has 0 atom stereocenters. The fourth-order valence-corrected chi connectivity index (χ4v) is 4.92. The van der Waals surface area contributed by atoms with Crippen molar-refractivity contribution in [1.82, 2.24) is 0 Å². The number of allylic oxidation sites excluding steroid dienone is 2. The summed E-state index contributed by atoms with van der Waals surface area (Å²) in [5.74, 6) is 0. The van der Waals surface area contributed by atoms with Crippen molar-refractivity contribution in [1.29, 1.82) is 0 Å². The minimum atomic E-state index is -0.0220. The molecule has 2 aromatic rings. The van der Waals surface area contributed by atoms with E-state index in [1.807, 2.05) is 0 Å².